The monoisotopic (exact) mass is 546 g/mol. The number of aliphatic hydroxyl groups is 1. The fourth-order valence-corrected chi connectivity index (χ4v) is 5.10. The molecular weight excluding hydrogens is 517 g/mol. The Morgan fingerprint density at radius 1 is 1.18 bits per heavy atom. The number of likely N-dealkylation sites (N-methyl/N-ethyl adjacent to an activating group) is 1. The van der Waals surface area contributed by atoms with Gasteiger partial charge in [-0.1, -0.05) is 0 Å². The second kappa shape index (κ2) is 9.79. The Hall–Kier alpha value is -3.71. The molecule has 3 aromatic rings. The number of hydrogen-bond donors (Lipinski definition) is 2. The average molecular weight is 547 g/mol. The number of nitrogens with two attached hydrogens (primary N) is 1. The van der Waals surface area contributed by atoms with Gasteiger partial charge in [-0.2, -0.15) is 13.2 Å². The molecule has 1 amide bonds. The molecule has 4 heterocycles. The van der Waals surface area contributed by atoms with Crippen LogP contribution in [-0.4, -0.2) is 82.6 Å². The zero-order chi connectivity index (χ0) is 28.1. The highest BCUT2D eigenvalue weighted by Gasteiger charge is 2.42. The van der Waals surface area contributed by atoms with Crippen LogP contribution in [0.15, 0.2) is 33.7 Å². The van der Waals surface area contributed by atoms with Crippen LogP contribution in [0.2, 0.25) is 0 Å². The number of aliphatic imine (C=N–C) groups is 1. The van der Waals surface area contributed by atoms with E-state index in [-0.39, 0.29) is 41.7 Å². The quantitative estimate of drug-likeness (QED) is 0.499. The molecule has 0 spiro atoms. The second-order valence-corrected chi connectivity index (χ2v) is 9.88. The van der Waals surface area contributed by atoms with E-state index < -0.39 is 29.4 Å². The van der Waals surface area contributed by atoms with Crippen molar-refractivity contribution >= 4 is 22.6 Å². The SMILES string of the molecule is COc1ccc(-c2nc(C(=O)N3CCC(O)(C4=NCCN4C)CC3)c([C@H](C)N)o2)c2ccc(C(F)(F)F)nc12. The van der Waals surface area contributed by atoms with E-state index in [1.165, 1.54) is 19.2 Å². The number of benzene rings is 1. The van der Waals surface area contributed by atoms with Crippen molar-refractivity contribution in [1.82, 2.24) is 19.8 Å². The van der Waals surface area contributed by atoms with E-state index in [4.69, 9.17) is 14.9 Å². The molecule has 208 valence electrons. The van der Waals surface area contributed by atoms with Crippen LogP contribution in [0.1, 0.15) is 47.7 Å². The predicted octanol–water partition coefficient (Wildman–Crippen LogP) is 3.25. The van der Waals surface area contributed by atoms with E-state index in [9.17, 15) is 23.1 Å². The molecule has 3 N–H and O–H groups in total. The molecule has 1 saturated heterocycles. The summed E-state index contributed by atoms with van der Waals surface area (Å²) in [5, 5.41) is 11.5. The van der Waals surface area contributed by atoms with Gasteiger partial charge < -0.3 is 29.8 Å². The third-order valence-electron chi connectivity index (χ3n) is 7.18. The van der Waals surface area contributed by atoms with E-state index in [1.807, 2.05) is 11.9 Å². The number of oxazole rings is 1. The highest BCUT2D eigenvalue weighted by atomic mass is 19.4. The first kappa shape index (κ1) is 26.9. The van der Waals surface area contributed by atoms with Crippen LogP contribution in [-0.2, 0) is 6.18 Å². The second-order valence-electron chi connectivity index (χ2n) is 9.88. The molecule has 5 rings (SSSR count). The minimum atomic E-state index is -4.64. The lowest BCUT2D eigenvalue weighted by Gasteiger charge is -2.39. The number of alkyl halides is 3. The predicted molar refractivity (Wildman–Crippen MR) is 136 cm³/mol. The number of likely N-dealkylation sites (tertiary alicyclic amines) is 1. The number of carbonyl (C=O) groups is 1. The van der Waals surface area contributed by atoms with Crippen molar-refractivity contribution in [2.45, 2.75) is 37.6 Å². The summed E-state index contributed by atoms with van der Waals surface area (Å²) in [5.41, 5.74) is 4.28. The summed E-state index contributed by atoms with van der Waals surface area (Å²) >= 11 is 0. The molecule has 0 unspecified atom stereocenters. The molecule has 2 aliphatic heterocycles. The van der Waals surface area contributed by atoms with E-state index in [0.717, 1.165) is 12.6 Å². The number of fused-ring (bicyclic) bond motifs is 1. The molecule has 1 atom stereocenters. The van der Waals surface area contributed by atoms with Crippen molar-refractivity contribution in [3.63, 3.8) is 0 Å². The normalized spacial score (nSPS) is 18.4. The molecule has 0 radical (unpaired) electrons. The Bertz CT molecular complexity index is 1440. The van der Waals surface area contributed by atoms with Gasteiger partial charge in [-0.05, 0) is 31.2 Å². The topological polar surface area (TPSA) is 130 Å². The van der Waals surface area contributed by atoms with Gasteiger partial charge >= 0.3 is 6.18 Å². The lowest BCUT2D eigenvalue weighted by Crippen LogP contribution is -2.54. The molecule has 39 heavy (non-hydrogen) atoms. The highest BCUT2D eigenvalue weighted by molar-refractivity contribution is 5.98. The molecule has 13 heteroatoms. The first-order valence-electron chi connectivity index (χ1n) is 12.5. The Morgan fingerprint density at radius 3 is 2.49 bits per heavy atom. The maximum Gasteiger partial charge on any atom is 0.433 e. The summed E-state index contributed by atoms with van der Waals surface area (Å²) in [5.74, 6) is 0.558. The lowest BCUT2D eigenvalue weighted by atomic mass is 9.89. The maximum atomic E-state index is 13.6. The Kier molecular flexibility index (Phi) is 6.75. The van der Waals surface area contributed by atoms with Crippen LogP contribution in [0.25, 0.3) is 22.4 Å². The molecular formula is C26H29F3N6O4. The number of hydrogen-bond acceptors (Lipinski definition) is 9. The van der Waals surface area contributed by atoms with E-state index in [1.54, 1.807) is 17.9 Å². The molecule has 10 nitrogen and oxygen atoms in total. The smallest absolute Gasteiger partial charge is 0.433 e. The Balaban J connectivity index is 1.48. The first-order chi connectivity index (χ1) is 18.4. The Labute approximate surface area is 222 Å². The summed E-state index contributed by atoms with van der Waals surface area (Å²) in [4.78, 5) is 29.7. The molecule has 0 bridgehead atoms. The van der Waals surface area contributed by atoms with Gasteiger partial charge in [0.25, 0.3) is 5.91 Å². The third kappa shape index (κ3) is 4.80. The van der Waals surface area contributed by atoms with Crippen LogP contribution in [0.3, 0.4) is 0 Å². The summed E-state index contributed by atoms with van der Waals surface area (Å²) in [6, 6.07) is 4.51. The molecule has 2 aliphatic rings. The minimum absolute atomic E-state index is 0.0182. The van der Waals surface area contributed by atoms with Gasteiger partial charge in [0.1, 0.15) is 28.4 Å². The van der Waals surface area contributed by atoms with Crippen LogP contribution in [0.4, 0.5) is 13.2 Å². The van der Waals surface area contributed by atoms with Crippen LogP contribution >= 0.6 is 0 Å². The summed E-state index contributed by atoms with van der Waals surface area (Å²) in [6.45, 7) is 3.57. The number of aromatic nitrogens is 2. The summed E-state index contributed by atoms with van der Waals surface area (Å²) in [6.07, 6.45) is -4.01. The highest BCUT2D eigenvalue weighted by Crippen LogP contribution is 2.38. The van der Waals surface area contributed by atoms with Crippen molar-refractivity contribution < 1.29 is 32.2 Å². The number of piperidine rings is 1. The number of methoxy groups -OCH3 is 1. The van der Waals surface area contributed by atoms with Gasteiger partial charge in [0, 0.05) is 50.5 Å². The van der Waals surface area contributed by atoms with Gasteiger partial charge in [-0.25, -0.2) is 9.97 Å². The average Bonchev–Trinajstić information content (AvgIpc) is 3.54. The largest absolute Gasteiger partial charge is 0.494 e. The number of ether oxygens (including phenoxy) is 1. The molecule has 1 aromatic carbocycles. The zero-order valence-corrected chi connectivity index (χ0v) is 21.7. The van der Waals surface area contributed by atoms with Crippen molar-refractivity contribution in [1.29, 1.82) is 0 Å². The van der Waals surface area contributed by atoms with Gasteiger partial charge in [0.15, 0.2) is 11.5 Å². The first-order valence-corrected chi connectivity index (χ1v) is 12.5. The summed E-state index contributed by atoms with van der Waals surface area (Å²) in [7, 11) is 3.22. The van der Waals surface area contributed by atoms with Crippen molar-refractivity contribution in [2.75, 3.05) is 40.3 Å². The van der Waals surface area contributed by atoms with E-state index >= 15 is 0 Å². The number of carbonyl (C=O) groups excluding carboxylic acids is 1. The fourth-order valence-electron chi connectivity index (χ4n) is 5.10. The molecule has 1 fully saturated rings. The number of nitrogens with zero attached hydrogens (tertiary/aromatic N) is 5. The number of pyridine rings is 1. The van der Waals surface area contributed by atoms with Gasteiger partial charge in [0.2, 0.25) is 5.89 Å². The van der Waals surface area contributed by atoms with Crippen molar-refractivity contribution in [3.05, 3.63) is 41.4 Å². The minimum Gasteiger partial charge on any atom is -0.494 e. The Morgan fingerprint density at radius 2 is 1.90 bits per heavy atom. The fraction of sp³-hybridized carbons (Fsp3) is 0.462. The molecule has 0 saturated carbocycles. The van der Waals surface area contributed by atoms with Gasteiger partial charge in [-0.3, -0.25) is 9.79 Å². The maximum absolute atomic E-state index is 13.6. The van der Waals surface area contributed by atoms with Gasteiger partial charge in [-0.15, -0.1) is 0 Å². The number of rotatable bonds is 5. The number of halogens is 3. The van der Waals surface area contributed by atoms with Crippen LogP contribution < -0.4 is 10.5 Å². The third-order valence-corrected chi connectivity index (χ3v) is 7.18. The standard InChI is InChI=1S/C26H29F3N6O4/c1-14(30)21-20(23(36)35-11-8-25(37,9-12-35)24-31-10-13-34(24)2)33-22(39-21)16-4-6-17(38-3)19-15(16)5-7-18(32-19)26(27,28)29/h4-7,14,37H,8-13,30H2,1-3H3/t14-/m0/s1. The van der Waals surface area contributed by atoms with Gasteiger partial charge in [0.05, 0.1) is 19.7 Å². The van der Waals surface area contributed by atoms with Crippen LogP contribution in [0.5, 0.6) is 5.75 Å². The van der Waals surface area contributed by atoms with Crippen molar-refractivity contribution in [2.24, 2.45) is 10.7 Å². The van der Waals surface area contributed by atoms with E-state index in [0.29, 0.717) is 36.2 Å². The molecule has 0 aliphatic carbocycles. The number of amidine groups is 1. The van der Waals surface area contributed by atoms with Crippen LogP contribution in [0, 0.1) is 0 Å². The zero-order valence-electron chi connectivity index (χ0n) is 21.7. The number of amides is 1. The van der Waals surface area contributed by atoms with Crippen molar-refractivity contribution in [3.8, 4) is 17.2 Å². The lowest BCUT2D eigenvalue weighted by molar-refractivity contribution is -0.140. The van der Waals surface area contributed by atoms with E-state index in [2.05, 4.69) is 15.0 Å². The molecule has 2 aromatic heterocycles. The summed E-state index contributed by atoms with van der Waals surface area (Å²) < 4.78 is 51.2.